The molecule has 1 aromatic heterocycles. The first-order valence-electron chi connectivity index (χ1n) is 8.07. The molecule has 3 rings (SSSR count). The van der Waals surface area contributed by atoms with Gasteiger partial charge in [-0.2, -0.15) is 5.10 Å². The summed E-state index contributed by atoms with van der Waals surface area (Å²) in [7, 11) is 0. The van der Waals surface area contributed by atoms with Gasteiger partial charge in [0.05, 0.1) is 17.7 Å². The minimum absolute atomic E-state index is 0.0583. The molecular formula is C16H25N3O2. The SMILES string of the molecule is Cc1cc(C2CCN(C(=O)C3CCCOC3C)CC2)n[nH]1. The van der Waals surface area contributed by atoms with E-state index in [2.05, 4.69) is 16.3 Å². The number of likely N-dealkylation sites (tertiary alicyclic amines) is 1. The lowest BCUT2D eigenvalue weighted by Crippen LogP contribution is -2.46. The number of aromatic nitrogens is 2. The first-order chi connectivity index (χ1) is 10.1. The summed E-state index contributed by atoms with van der Waals surface area (Å²) in [4.78, 5) is 14.7. The van der Waals surface area contributed by atoms with E-state index in [9.17, 15) is 4.79 Å². The van der Waals surface area contributed by atoms with E-state index in [1.165, 1.54) is 0 Å². The Hall–Kier alpha value is -1.36. The van der Waals surface area contributed by atoms with Gasteiger partial charge < -0.3 is 9.64 Å². The van der Waals surface area contributed by atoms with Gasteiger partial charge in [-0.15, -0.1) is 0 Å². The normalized spacial score (nSPS) is 27.8. The van der Waals surface area contributed by atoms with E-state index in [1.54, 1.807) is 0 Å². The number of aromatic amines is 1. The van der Waals surface area contributed by atoms with E-state index in [-0.39, 0.29) is 12.0 Å². The molecule has 1 N–H and O–H groups in total. The van der Waals surface area contributed by atoms with Crippen LogP contribution in [0.3, 0.4) is 0 Å². The zero-order valence-electron chi connectivity index (χ0n) is 13.0. The lowest BCUT2D eigenvalue weighted by atomic mass is 9.90. The Balaban J connectivity index is 1.56. The van der Waals surface area contributed by atoms with Gasteiger partial charge in [0, 0.05) is 31.3 Å². The summed E-state index contributed by atoms with van der Waals surface area (Å²) in [6.07, 6.45) is 4.07. The molecule has 2 saturated heterocycles. The van der Waals surface area contributed by atoms with E-state index < -0.39 is 0 Å². The molecule has 2 aliphatic rings. The van der Waals surface area contributed by atoms with Gasteiger partial charge in [0.2, 0.25) is 5.91 Å². The van der Waals surface area contributed by atoms with E-state index in [1.807, 2.05) is 18.7 Å². The molecule has 1 aromatic rings. The quantitative estimate of drug-likeness (QED) is 0.909. The van der Waals surface area contributed by atoms with Gasteiger partial charge in [-0.1, -0.05) is 0 Å². The highest BCUT2D eigenvalue weighted by Crippen LogP contribution is 2.29. The fraction of sp³-hybridized carbons (Fsp3) is 0.750. The van der Waals surface area contributed by atoms with E-state index in [0.29, 0.717) is 11.8 Å². The Morgan fingerprint density at radius 3 is 2.76 bits per heavy atom. The molecule has 3 heterocycles. The summed E-state index contributed by atoms with van der Waals surface area (Å²) in [5, 5.41) is 7.37. The lowest BCUT2D eigenvalue weighted by Gasteiger charge is -2.36. The van der Waals surface area contributed by atoms with Crippen molar-refractivity contribution in [3.05, 3.63) is 17.5 Å². The van der Waals surface area contributed by atoms with E-state index in [0.717, 1.165) is 56.8 Å². The molecule has 0 saturated carbocycles. The number of amides is 1. The van der Waals surface area contributed by atoms with Crippen molar-refractivity contribution in [3.8, 4) is 0 Å². The second-order valence-corrected chi connectivity index (χ2v) is 6.40. The highest BCUT2D eigenvalue weighted by atomic mass is 16.5. The van der Waals surface area contributed by atoms with Crippen LogP contribution in [0.4, 0.5) is 0 Å². The minimum Gasteiger partial charge on any atom is -0.378 e. The van der Waals surface area contributed by atoms with Crippen molar-refractivity contribution in [1.82, 2.24) is 15.1 Å². The number of carbonyl (C=O) groups is 1. The first kappa shape index (κ1) is 14.6. The van der Waals surface area contributed by atoms with Gasteiger partial charge in [-0.25, -0.2) is 0 Å². The Bertz CT molecular complexity index is 491. The van der Waals surface area contributed by atoms with Crippen LogP contribution in [0, 0.1) is 12.8 Å². The fourth-order valence-electron chi connectivity index (χ4n) is 3.53. The second-order valence-electron chi connectivity index (χ2n) is 6.40. The maximum Gasteiger partial charge on any atom is 0.228 e. The summed E-state index contributed by atoms with van der Waals surface area (Å²) in [5.74, 6) is 0.834. The van der Waals surface area contributed by atoms with Crippen LogP contribution in [-0.4, -0.2) is 46.8 Å². The van der Waals surface area contributed by atoms with Crippen LogP contribution < -0.4 is 0 Å². The van der Waals surface area contributed by atoms with Gasteiger partial charge in [0.15, 0.2) is 0 Å². The predicted molar refractivity (Wildman–Crippen MR) is 80.0 cm³/mol. The number of H-pyrrole nitrogens is 1. The summed E-state index contributed by atoms with van der Waals surface area (Å²) in [6, 6.07) is 2.12. The van der Waals surface area contributed by atoms with Crippen molar-refractivity contribution in [2.24, 2.45) is 5.92 Å². The number of piperidine rings is 1. The summed E-state index contributed by atoms with van der Waals surface area (Å²) >= 11 is 0. The second kappa shape index (κ2) is 6.18. The van der Waals surface area contributed by atoms with Crippen molar-refractivity contribution in [1.29, 1.82) is 0 Å². The van der Waals surface area contributed by atoms with Crippen molar-refractivity contribution < 1.29 is 9.53 Å². The van der Waals surface area contributed by atoms with Crippen LogP contribution in [0.1, 0.15) is 49.9 Å². The summed E-state index contributed by atoms with van der Waals surface area (Å²) in [5.41, 5.74) is 2.26. The molecule has 0 spiro atoms. The Labute approximate surface area is 126 Å². The monoisotopic (exact) mass is 291 g/mol. The predicted octanol–water partition coefficient (Wildman–Crippen LogP) is 2.24. The molecule has 2 unspecified atom stereocenters. The molecule has 2 fully saturated rings. The zero-order chi connectivity index (χ0) is 14.8. The molecule has 2 aliphatic heterocycles. The minimum atomic E-state index is 0.0583. The fourth-order valence-corrected chi connectivity index (χ4v) is 3.53. The summed E-state index contributed by atoms with van der Waals surface area (Å²) in [6.45, 7) is 6.55. The van der Waals surface area contributed by atoms with Crippen LogP contribution in [0.5, 0.6) is 0 Å². The standard InChI is InChI=1S/C16H25N3O2/c1-11-10-15(18-17-11)13-5-7-19(8-6-13)16(20)14-4-3-9-21-12(14)2/h10,12-14H,3-9H2,1-2H3,(H,17,18). The number of hydrogen-bond donors (Lipinski definition) is 1. The van der Waals surface area contributed by atoms with Gasteiger partial charge in [0.1, 0.15) is 0 Å². The van der Waals surface area contributed by atoms with Gasteiger partial charge in [0.25, 0.3) is 0 Å². The molecule has 0 aliphatic carbocycles. The molecule has 0 radical (unpaired) electrons. The lowest BCUT2D eigenvalue weighted by molar-refractivity contribution is -0.145. The number of carbonyl (C=O) groups excluding carboxylic acids is 1. The molecule has 1 amide bonds. The Kier molecular flexibility index (Phi) is 4.29. The number of hydrogen-bond acceptors (Lipinski definition) is 3. The number of ether oxygens (including phenoxy) is 1. The Morgan fingerprint density at radius 2 is 2.14 bits per heavy atom. The molecule has 2 atom stereocenters. The molecule has 116 valence electrons. The Morgan fingerprint density at radius 1 is 1.38 bits per heavy atom. The third-order valence-electron chi connectivity index (χ3n) is 4.87. The molecule has 5 heteroatoms. The maximum atomic E-state index is 12.6. The number of nitrogens with one attached hydrogen (secondary N) is 1. The first-order valence-corrected chi connectivity index (χ1v) is 8.07. The van der Waals surface area contributed by atoms with E-state index >= 15 is 0 Å². The largest absolute Gasteiger partial charge is 0.378 e. The third kappa shape index (κ3) is 3.12. The maximum absolute atomic E-state index is 12.6. The molecule has 0 aromatic carbocycles. The van der Waals surface area contributed by atoms with Crippen molar-refractivity contribution in [2.75, 3.05) is 19.7 Å². The number of rotatable bonds is 2. The average Bonchev–Trinajstić information content (AvgIpc) is 2.94. The number of aryl methyl sites for hydroxylation is 1. The average molecular weight is 291 g/mol. The van der Waals surface area contributed by atoms with Gasteiger partial charge in [-0.3, -0.25) is 9.89 Å². The van der Waals surface area contributed by atoms with Gasteiger partial charge >= 0.3 is 0 Å². The molecule has 5 nitrogen and oxygen atoms in total. The van der Waals surface area contributed by atoms with Crippen LogP contribution in [0.25, 0.3) is 0 Å². The van der Waals surface area contributed by atoms with Gasteiger partial charge in [-0.05, 0) is 45.6 Å². The van der Waals surface area contributed by atoms with Crippen LogP contribution in [0.15, 0.2) is 6.07 Å². The number of nitrogens with zero attached hydrogens (tertiary/aromatic N) is 2. The van der Waals surface area contributed by atoms with Crippen LogP contribution in [0.2, 0.25) is 0 Å². The zero-order valence-corrected chi connectivity index (χ0v) is 13.0. The van der Waals surface area contributed by atoms with Crippen molar-refractivity contribution >= 4 is 5.91 Å². The van der Waals surface area contributed by atoms with E-state index in [4.69, 9.17) is 4.74 Å². The molecule has 0 bridgehead atoms. The van der Waals surface area contributed by atoms with Crippen molar-refractivity contribution in [3.63, 3.8) is 0 Å². The van der Waals surface area contributed by atoms with Crippen LogP contribution in [-0.2, 0) is 9.53 Å². The topological polar surface area (TPSA) is 58.2 Å². The molecular weight excluding hydrogens is 266 g/mol. The summed E-state index contributed by atoms with van der Waals surface area (Å²) < 4.78 is 5.63. The van der Waals surface area contributed by atoms with Crippen LogP contribution >= 0.6 is 0 Å². The smallest absolute Gasteiger partial charge is 0.228 e. The van der Waals surface area contributed by atoms with Crippen molar-refractivity contribution in [2.45, 2.75) is 51.6 Å². The third-order valence-corrected chi connectivity index (χ3v) is 4.87. The highest BCUT2D eigenvalue weighted by molar-refractivity contribution is 5.79. The highest BCUT2D eigenvalue weighted by Gasteiger charge is 2.34. The molecule has 21 heavy (non-hydrogen) atoms.